The lowest BCUT2D eigenvalue weighted by atomic mass is 10.0. The highest BCUT2D eigenvalue weighted by molar-refractivity contribution is 8.51. The maximum absolute atomic E-state index is 11.4. The van der Waals surface area contributed by atoms with Crippen molar-refractivity contribution in [2.45, 2.75) is 110 Å². The average molecular weight is 556 g/mol. The molecular weight excluding hydrogens is 501 g/mol. The molecule has 0 amide bonds. The highest BCUT2D eigenvalue weighted by atomic mass is 32.9. The van der Waals surface area contributed by atoms with Crippen LogP contribution in [0.2, 0.25) is 0 Å². The second kappa shape index (κ2) is 22.3. The number of hydrogen-bond donors (Lipinski definition) is 0. The van der Waals surface area contributed by atoms with Crippen molar-refractivity contribution < 1.29 is 27.8 Å². The number of unbranched alkanes of at least 4 members (excludes halogenated alkanes) is 13. The number of hydrogen-bond acceptors (Lipinski definition) is 7. The number of esters is 1. The molecule has 210 valence electrons. The molecule has 0 spiro atoms. The number of likely N-dealkylation sites (N-methyl/N-ethyl adjacent to an activating group) is 1. The Bertz CT molecular complexity index is 560. The molecule has 0 aliphatic carbocycles. The Hall–Kier alpha value is 0.310. The number of quaternary nitrogens is 1. The van der Waals surface area contributed by atoms with Gasteiger partial charge in [0.2, 0.25) is 0 Å². The lowest BCUT2D eigenvalue weighted by molar-refractivity contribution is -0.870. The summed E-state index contributed by atoms with van der Waals surface area (Å²) in [5.41, 5.74) is -2.79. The monoisotopic (exact) mass is 555 g/mol. The van der Waals surface area contributed by atoms with Crippen LogP contribution in [0.4, 0.5) is 0 Å². The van der Waals surface area contributed by atoms with Gasteiger partial charge < -0.3 is 35.3 Å². The van der Waals surface area contributed by atoms with E-state index in [-0.39, 0.29) is 19.2 Å². The number of carbonyl (C=O) groups is 1. The Morgan fingerprint density at radius 2 is 1.29 bits per heavy atom. The molecule has 0 rings (SSSR count). The Morgan fingerprint density at radius 3 is 1.74 bits per heavy atom. The first-order valence-electron chi connectivity index (χ1n) is 13.7. The van der Waals surface area contributed by atoms with Crippen molar-refractivity contribution in [2.75, 3.05) is 54.1 Å². The molecular formula is C26H54NO5PS2. The standard InChI is InChI=1S/C26H54NO5PS2/c1-6-7-8-9-10-11-12-13-14-15-16-17-18-19-21-29-23-26(32-25(2)28)24-31-33(34,35)30-22-20-27(3,4)5/h26H,6-24H2,1-5H3/t26-/m1/s1. The molecule has 2 atom stereocenters. The summed E-state index contributed by atoms with van der Waals surface area (Å²) in [5.74, 6) is -0.373. The third-order valence-corrected chi connectivity index (χ3v) is 7.94. The summed E-state index contributed by atoms with van der Waals surface area (Å²) >= 11 is 10.6. The predicted molar refractivity (Wildman–Crippen MR) is 153 cm³/mol. The Balaban J connectivity index is 3.77. The van der Waals surface area contributed by atoms with Crippen LogP contribution in [0.3, 0.4) is 0 Å². The van der Waals surface area contributed by atoms with Gasteiger partial charge in [0.15, 0.2) is 0 Å². The third kappa shape index (κ3) is 27.2. The molecule has 0 fully saturated rings. The van der Waals surface area contributed by atoms with E-state index in [1.165, 1.54) is 90.4 Å². The fourth-order valence-electron chi connectivity index (χ4n) is 3.60. The predicted octanol–water partition coefficient (Wildman–Crippen LogP) is 6.93. The lowest BCUT2D eigenvalue weighted by Crippen LogP contribution is -2.37. The molecule has 0 aromatic heterocycles. The summed E-state index contributed by atoms with van der Waals surface area (Å²) in [6, 6.07) is 0. The molecule has 0 N–H and O–H groups in total. The average Bonchev–Trinajstić information content (AvgIpc) is 2.75. The zero-order valence-corrected chi connectivity index (χ0v) is 25.8. The molecule has 35 heavy (non-hydrogen) atoms. The zero-order valence-electron chi connectivity index (χ0n) is 23.3. The van der Waals surface area contributed by atoms with E-state index in [0.717, 1.165) is 17.4 Å². The maximum Gasteiger partial charge on any atom is 0.303 e. The van der Waals surface area contributed by atoms with Gasteiger partial charge in [0.05, 0.1) is 40.1 Å². The summed E-state index contributed by atoms with van der Waals surface area (Å²) in [6.07, 6.45) is 18.1. The zero-order chi connectivity index (χ0) is 26.4. The molecule has 0 saturated carbocycles. The second-order valence-corrected chi connectivity index (χ2v) is 15.5. The number of ether oxygens (including phenoxy) is 2. The van der Waals surface area contributed by atoms with Gasteiger partial charge in [-0.05, 0) is 6.42 Å². The van der Waals surface area contributed by atoms with Crippen LogP contribution in [0, 0.1) is 0 Å². The van der Waals surface area contributed by atoms with E-state index in [1.807, 2.05) is 0 Å². The van der Waals surface area contributed by atoms with Crippen LogP contribution in [-0.4, -0.2) is 70.7 Å². The van der Waals surface area contributed by atoms with Gasteiger partial charge >= 0.3 is 5.97 Å². The van der Waals surface area contributed by atoms with Crippen LogP contribution >= 0.6 is 5.69 Å². The van der Waals surface area contributed by atoms with Crippen molar-refractivity contribution in [2.24, 2.45) is 0 Å². The van der Waals surface area contributed by atoms with Gasteiger partial charge in [-0.3, -0.25) is 4.79 Å². The van der Waals surface area contributed by atoms with Crippen molar-refractivity contribution in [1.29, 1.82) is 0 Å². The molecule has 0 saturated heterocycles. The molecule has 0 aliphatic rings. The van der Waals surface area contributed by atoms with Crippen LogP contribution in [0.15, 0.2) is 0 Å². The van der Waals surface area contributed by atoms with Crippen LogP contribution < -0.4 is 0 Å². The molecule has 9 heteroatoms. The van der Waals surface area contributed by atoms with Gasteiger partial charge in [-0.2, -0.15) is 0 Å². The summed E-state index contributed by atoms with van der Waals surface area (Å²) in [6.45, 7) is 5.91. The second-order valence-electron chi connectivity index (χ2n) is 10.5. The van der Waals surface area contributed by atoms with Gasteiger partial charge in [-0.1, -0.05) is 102 Å². The fourth-order valence-corrected chi connectivity index (χ4v) is 5.14. The van der Waals surface area contributed by atoms with Crippen LogP contribution in [0.25, 0.3) is 0 Å². The van der Waals surface area contributed by atoms with Crippen molar-refractivity contribution in [1.82, 2.24) is 0 Å². The molecule has 0 aliphatic heterocycles. The summed E-state index contributed by atoms with van der Waals surface area (Å²) < 4.78 is 23.1. The minimum Gasteiger partial charge on any atom is -0.691 e. The van der Waals surface area contributed by atoms with Crippen molar-refractivity contribution in [3.63, 3.8) is 0 Å². The van der Waals surface area contributed by atoms with Gasteiger partial charge in [0.1, 0.15) is 19.3 Å². The first-order valence-corrected chi connectivity index (χ1v) is 17.4. The minimum atomic E-state index is -2.79. The topological polar surface area (TPSA) is 54.0 Å². The molecule has 0 aromatic carbocycles. The van der Waals surface area contributed by atoms with Gasteiger partial charge in [-0.25, -0.2) is 0 Å². The van der Waals surface area contributed by atoms with E-state index in [9.17, 15) is 4.79 Å². The smallest absolute Gasteiger partial charge is 0.303 e. The first-order chi connectivity index (χ1) is 16.6. The van der Waals surface area contributed by atoms with Crippen molar-refractivity contribution in [3.05, 3.63) is 0 Å². The number of carbonyl (C=O) groups excluding carboxylic acids is 1. The number of nitrogens with zero attached hydrogens (tertiary/aromatic N) is 1. The van der Waals surface area contributed by atoms with Gasteiger partial charge in [-0.15, -0.1) is 0 Å². The molecule has 0 radical (unpaired) electrons. The van der Waals surface area contributed by atoms with Crippen LogP contribution in [-0.2, 0) is 47.4 Å². The van der Waals surface area contributed by atoms with Crippen molar-refractivity contribution >= 4 is 35.7 Å². The summed E-state index contributed by atoms with van der Waals surface area (Å²) in [7, 11) is 6.22. The first kappa shape index (κ1) is 35.3. The van der Waals surface area contributed by atoms with E-state index in [4.69, 9.17) is 42.6 Å². The van der Waals surface area contributed by atoms with Crippen LogP contribution in [0.1, 0.15) is 104 Å². The van der Waals surface area contributed by atoms with Crippen LogP contribution in [0.5, 0.6) is 0 Å². The fraction of sp³-hybridized carbons (Fsp3) is 0.962. The van der Waals surface area contributed by atoms with E-state index < -0.39 is 11.8 Å². The Kier molecular flexibility index (Phi) is 22.5. The quantitative estimate of drug-likeness (QED) is 0.0398. The molecule has 1 unspecified atom stereocenters. The third-order valence-electron chi connectivity index (χ3n) is 5.71. The highest BCUT2D eigenvalue weighted by Gasteiger charge is 2.16. The highest BCUT2D eigenvalue weighted by Crippen LogP contribution is 2.46. The minimum absolute atomic E-state index is 0.101. The SMILES string of the molecule is CCCCCCCCCCCCCCCCOC[C@H](COP(=S)([S-])OCC[N+](C)(C)C)OC(C)=O. The lowest BCUT2D eigenvalue weighted by Gasteiger charge is -2.31. The van der Waals surface area contributed by atoms with Crippen molar-refractivity contribution in [3.8, 4) is 0 Å². The van der Waals surface area contributed by atoms with Gasteiger partial charge in [0.25, 0.3) is 0 Å². The number of rotatable bonds is 25. The Morgan fingerprint density at radius 1 is 0.800 bits per heavy atom. The van der Waals surface area contributed by atoms with Gasteiger partial charge in [0, 0.05) is 13.5 Å². The Labute approximate surface area is 227 Å². The van der Waals surface area contributed by atoms with E-state index in [2.05, 4.69) is 28.1 Å². The van der Waals surface area contributed by atoms with E-state index >= 15 is 0 Å². The maximum atomic E-state index is 11.4. The summed E-state index contributed by atoms with van der Waals surface area (Å²) in [4.78, 5) is 11.4. The molecule has 0 heterocycles. The largest absolute Gasteiger partial charge is 0.691 e. The summed E-state index contributed by atoms with van der Waals surface area (Å²) in [5, 5.41) is 0. The molecule has 6 nitrogen and oxygen atoms in total. The molecule has 0 aromatic rings. The molecule has 0 bridgehead atoms. The normalized spacial score (nSPS) is 14.6. The van der Waals surface area contributed by atoms with E-state index in [1.54, 1.807) is 0 Å². The van der Waals surface area contributed by atoms with E-state index in [0.29, 0.717) is 13.2 Å².